The van der Waals surface area contributed by atoms with E-state index in [1.54, 1.807) is 18.7 Å². The molecule has 2 N–H and O–H groups in total. The van der Waals surface area contributed by atoms with E-state index in [2.05, 4.69) is 5.16 Å². The minimum absolute atomic E-state index is 0.113. The number of carbonyl (C=O) groups is 1. The number of aryl methyl sites for hydroxylation is 2. The second-order valence-corrected chi connectivity index (χ2v) is 8.49. The van der Waals surface area contributed by atoms with Crippen molar-refractivity contribution in [3.8, 4) is 0 Å². The number of aromatic nitrogens is 1. The van der Waals surface area contributed by atoms with Gasteiger partial charge in [-0.1, -0.05) is 19.0 Å². The number of nitrogens with zero attached hydrogens (tertiary/aromatic N) is 3. The lowest BCUT2D eigenvalue weighted by Gasteiger charge is -2.35. The zero-order valence-corrected chi connectivity index (χ0v) is 15.5. The van der Waals surface area contributed by atoms with Crippen molar-refractivity contribution in [1.29, 1.82) is 0 Å². The van der Waals surface area contributed by atoms with E-state index in [-0.39, 0.29) is 29.7 Å². The molecule has 1 fully saturated rings. The van der Waals surface area contributed by atoms with Gasteiger partial charge in [0.2, 0.25) is 15.9 Å². The Hall–Kier alpha value is -1.45. The van der Waals surface area contributed by atoms with Gasteiger partial charge in [-0.3, -0.25) is 4.79 Å². The lowest BCUT2D eigenvalue weighted by atomic mass is 10.0. The summed E-state index contributed by atoms with van der Waals surface area (Å²) in [4.78, 5) is 14.1. The topological polar surface area (TPSA) is 110 Å². The van der Waals surface area contributed by atoms with Gasteiger partial charge in [0, 0.05) is 26.2 Å². The van der Waals surface area contributed by atoms with Crippen LogP contribution in [0.1, 0.15) is 31.7 Å². The van der Waals surface area contributed by atoms with E-state index in [0.29, 0.717) is 31.1 Å². The first-order valence-electron chi connectivity index (χ1n) is 8.12. The summed E-state index contributed by atoms with van der Waals surface area (Å²) >= 11 is 0. The van der Waals surface area contributed by atoms with E-state index in [1.807, 2.05) is 13.8 Å². The fourth-order valence-electron chi connectivity index (χ4n) is 2.96. The summed E-state index contributed by atoms with van der Waals surface area (Å²) in [6.07, 6.45) is 0.621. The Kier molecular flexibility index (Phi) is 5.67. The van der Waals surface area contributed by atoms with Gasteiger partial charge in [-0.2, -0.15) is 4.31 Å². The highest BCUT2D eigenvalue weighted by Crippen LogP contribution is 2.24. The fraction of sp³-hybridized carbons (Fsp3) is 0.733. The Labute approximate surface area is 143 Å². The summed E-state index contributed by atoms with van der Waals surface area (Å²) < 4.78 is 31.8. The van der Waals surface area contributed by atoms with Crippen molar-refractivity contribution in [3.63, 3.8) is 0 Å². The normalized spacial score (nSPS) is 18.2. The van der Waals surface area contributed by atoms with Crippen LogP contribution in [0, 0.1) is 19.8 Å². The molecule has 0 aromatic carbocycles. The summed E-state index contributed by atoms with van der Waals surface area (Å²) in [5.41, 5.74) is 6.29. The van der Waals surface area contributed by atoms with E-state index in [4.69, 9.17) is 10.3 Å². The maximum atomic E-state index is 12.7. The van der Waals surface area contributed by atoms with Gasteiger partial charge >= 0.3 is 0 Å². The molecule has 136 valence electrons. The van der Waals surface area contributed by atoms with E-state index < -0.39 is 16.1 Å². The lowest BCUT2D eigenvalue weighted by molar-refractivity contribution is -0.134. The number of hydrogen-bond acceptors (Lipinski definition) is 6. The molecule has 0 radical (unpaired) electrons. The zero-order valence-electron chi connectivity index (χ0n) is 14.7. The highest BCUT2D eigenvalue weighted by atomic mass is 32.2. The quantitative estimate of drug-likeness (QED) is 0.821. The highest BCUT2D eigenvalue weighted by Gasteiger charge is 2.35. The summed E-state index contributed by atoms with van der Waals surface area (Å²) in [7, 11) is -3.66. The number of sulfonamides is 1. The second kappa shape index (κ2) is 7.20. The molecule has 9 heteroatoms. The lowest BCUT2D eigenvalue weighted by Crippen LogP contribution is -2.54. The highest BCUT2D eigenvalue weighted by molar-refractivity contribution is 7.89. The molecule has 1 aromatic rings. The average molecular weight is 358 g/mol. The van der Waals surface area contributed by atoms with Gasteiger partial charge in [-0.15, -0.1) is 0 Å². The molecule has 1 aromatic heterocycles. The van der Waals surface area contributed by atoms with Crippen LogP contribution in [0.2, 0.25) is 0 Å². The van der Waals surface area contributed by atoms with Crippen LogP contribution >= 0.6 is 0 Å². The van der Waals surface area contributed by atoms with Crippen molar-refractivity contribution < 1.29 is 17.7 Å². The van der Waals surface area contributed by atoms with Crippen LogP contribution in [0.25, 0.3) is 0 Å². The standard InChI is InChI=1S/C15H26N4O4S/c1-10(2)9-13(16)15(20)18-5-7-19(8-6-18)24(21,22)14-11(3)17-23-12(14)4/h10,13H,5-9,16H2,1-4H3/t13-/m0/s1. The third kappa shape index (κ3) is 3.79. The van der Waals surface area contributed by atoms with Crippen LogP contribution in [0.4, 0.5) is 0 Å². The third-order valence-electron chi connectivity index (χ3n) is 4.16. The Morgan fingerprint density at radius 3 is 2.29 bits per heavy atom. The van der Waals surface area contributed by atoms with E-state index in [0.717, 1.165) is 0 Å². The van der Waals surface area contributed by atoms with Crippen molar-refractivity contribution >= 4 is 15.9 Å². The van der Waals surface area contributed by atoms with E-state index >= 15 is 0 Å². The van der Waals surface area contributed by atoms with Crippen LogP contribution in [0.5, 0.6) is 0 Å². The van der Waals surface area contributed by atoms with Crippen molar-refractivity contribution in [1.82, 2.24) is 14.4 Å². The first-order chi connectivity index (χ1) is 11.1. The van der Waals surface area contributed by atoms with Crippen molar-refractivity contribution in [3.05, 3.63) is 11.5 Å². The predicted octanol–water partition coefficient (Wildman–Crippen LogP) is 0.498. The maximum absolute atomic E-state index is 12.7. The van der Waals surface area contributed by atoms with Gasteiger partial charge in [0.1, 0.15) is 10.6 Å². The second-order valence-electron chi connectivity index (χ2n) is 6.62. The summed E-state index contributed by atoms with van der Waals surface area (Å²) in [6, 6.07) is -0.532. The summed E-state index contributed by atoms with van der Waals surface area (Å²) in [6.45, 7) is 8.38. The third-order valence-corrected chi connectivity index (χ3v) is 6.30. The molecular formula is C15H26N4O4S. The Morgan fingerprint density at radius 2 is 1.83 bits per heavy atom. The molecule has 0 unspecified atom stereocenters. The first kappa shape index (κ1) is 18.9. The van der Waals surface area contributed by atoms with Crippen LogP contribution in [0.15, 0.2) is 9.42 Å². The molecule has 2 heterocycles. The molecule has 0 aliphatic carbocycles. The average Bonchev–Trinajstić information content (AvgIpc) is 2.85. The maximum Gasteiger partial charge on any atom is 0.248 e. The number of hydrogen-bond donors (Lipinski definition) is 1. The van der Waals surface area contributed by atoms with Crippen molar-refractivity contribution in [2.75, 3.05) is 26.2 Å². The number of rotatable bonds is 5. The summed E-state index contributed by atoms with van der Waals surface area (Å²) in [5, 5.41) is 3.71. The molecule has 1 aliphatic heterocycles. The predicted molar refractivity (Wildman–Crippen MR) is 88.7 cm³/mol. The molecule has 1 aliphatic rings. The SMILES string of the molecule is Cc1noc(C)c1S(=O)(=O)N1CCN(C(=O)[C@@H](N)CC(C)C)CC1. The number of carbonyl (C=O) groups excluding carboxylic acids is 1. The van der Waals surface area contributed by atoms with Crippen molar-refractivity contribution in [2.24, 2.45) is 11.7 Å². The van der Waals surface area contributed by atoms with E-state index in [9.17, 15) is 13.2 Å². The van der Waals surface area contributed by atoms with Gasteiger partial charge in [-0.05, 0) is 26.2 Å². The molecule has 1 atom stereocenters. The van der Waals surface area contributed by atoms with Crippen LogP contribution in [-0.2, 0) is 14.8 Å². The van der Waals surface area contributed by atoms with Gasteiger partial charge in [0.25, 0.3) is 0 Å². The minimum atomic E-state index is -3.66. The monoisotopic (exact) mass is 358 g/mol. The largest absolute Gasteiger partial charge is 0.360 e. The van der Waals surface area contributed by atoms with Gasteiger partial charge in [0.15, 0.2) is 5.76 Å². The molecule has 24 heavy (non-hydrogen) atoms. The number of amides is 1. The number of nitrogens with two attached hydrogens (primary N) is 1. The fourth-order valence-corrected chi connectivity index (χ4v) is 4.68. The first-order valence-corrected chi connectivity index (χ1v) is 9.56. The van der Waals surface area contributed by atoms with Crippen LogP contribution < -0.4 is 5.73 Å². The van der Waals surface area contributed by atoms with E-state index in [1.165, 1.54) is 4.31 Å². The molecule has 1 amide bonds. The van der Waals surface area contributed by atoms with Gasteiger partial charge < -0.3 is 15.2 Å². The molecule has 0 saturated carbocycles. The number of piperazine rings is 1. The van der Waals surface area contributed by atoms with Gasteiger partial charge in [-0.25, -0.2) is 8.42 Å². The van der Waals surface area contributed by atoms with Crippen molar-refractivity contribution in [2.45, 2.75) is 45.1 Å². The zero-order chi connectivity index (χ0) is 18.1. The Balaban J connectivity index is 2.04. The summed E-state index contributed by atoms with van der Waals surface area (Å²) in [5.74, 6) is 0.508. The minimum Gasteiger partial charge on any atom is -0.360 e. The van der Waals surface area contributed by atoms with Crippen LogP contribution in [-0.4, -0.2) is 60.9 Å². The van der Waals surface area contributed by atoms with Gasteiger partial charge in [0.05, 0.1) is 6.04 Å². The van der Waals surface area contributed by atoms with Crippen LogP contribution in [0.3, 0.4) is 0 Å². The molecular weight excluding hydrogens is 332 g/mol. The molecule has 0 bridgehead atoms. The Morgan fingerprint density at radius 1 is 1.25 bits per heavy atom. The molecule has 0 spiro atoms. The Bertz CT molecular complexity index is 671. The molecule has 1 saturated heterocycles. The molecule has 2 rings (SSSR count). The smallest absolute Gasteiger partial charge is 0.248 e. The molecule has 8 nitrogen and oxygen atoms in total.